The monoisotopic (exact) mass is 263 g/mol. The SMILES string of the molecule is CCNC(=O)CNC(=O)c1ccc(N(C)CC)cc1. The van der Waals surface area contributed by atoms with Gasteiger partial charge in [-0.3, -0.25) is 9.59 Å². The zero-order valence-electron chi connectivity index (χ0n) is 11.7. The maximum absolute atomic E-state index is 11.8. The highest BCUT2D eigenvalue weighted by Crippen LogP contribution is 2.13. The Labute approximate surface area is 114 Å². The lowest BCUT2D eigenvalue weighted by Gasteiger charge is -2.16. The molecule has 0 saturated heterocycles. The van der Waals surface area contributed by atoms with E-state index < -0.39 is 0 Å². The summed E-state index contributed by atoms with van der Waals surface area (Å²) < 4.78 is 0. The Kier molecular flexibility index (Phi) is 5.85. The van der Waals surface area contributed by atoms with Crippen LogP contribution in [0.25, 0.3) is 0 Å². The Hall–Kier alpha value is -2.04. The minimum absolute atomic E-state index is 0.00326. The lowest BCUT2D eigenvalue weighted by Crippen LogP contribution is -2.36. The number of likely N-dealkylation sites (N-methyl/N-ethyl adjacent to an activating group) is 1. The average molecular weight is 263 g/mol. The van der Waals surface area contributed by atoms with Crippen LogP contribution in [0.5, 0.6) is 0 Å². The normalized spacial score (nSPS) is 9.84. The molecule has 1 rings (SSSR count). The number of nitrogens with zero attached hydrogens (tertiary/aromatic N) is 1. The van der Waals surface area contributed by atoms with Crippen molar-refractivity contribution in [3.63, 3.8) is 0 Å². The van der Waals surface area contributed by atoms with Gasteiger partial charge in [-0.1, -0.05) is 0 Å². The van der Waals surface area contributed by atoms with Crippen LogP contribution >= 0.6 is 0 Å². The zero-order valence-corrected chi connectivity index (χ0v) is 11.7. The van der Waals surface area contributed by atoms with Crippen LogP contribution in [0.1, 0.15) is 24.2 Å². The van der Waals surface area contributed by atoms with Crippen molar-refractivity contribution in [1.82, 2.24) is 10.6 Å². The minimum Gasteiger partial charge on any atom is -0.375 e. The van der Waals surface area contributed by atoms with Crippen LogP contribution in [0.15, 0.2) is 24.3 Å². The van der Waals surface area contributed by atoms with E-state index in [9.17, 15) is 9.59 Å². The number of benzene rings is 1. The summed E-state index contributed by atoms with van der Waals surface area (Å²) in [7, 11) is 1.99. The number of nitrogens with one attached hydrogen (secondary N) is 2. The molecule has 0 bridgehead atoms. The first-order valence-electron chi connectivity index (χ1n) is 6.44. The van der Waals surface area contributed by atoms with Crippen molar-refractivity contribution in [2.24, 2.45) is 0 Å². The van der Waals surface area contributed by atoms with Crippen LogP contribution in [0.3, 0.4) is 0 Å². The predicted octanol–water partition coefficient (Wildman–Crippen LogP) is 1.01. The van der Waals surface area contributed by atoms with Gasteiger partial charge in [-0.2, -0.15) is 0 Å². The van der Waals surface area contributed by atoms with Gasteiger partial charge in [0, 0.05) is 31.4 Å². The van der Waals surface area contributed by atoms with E-state index in [0.29, 0.717) is 12.1 Å². The van der Waals surface area contributed by atoms with Gasteiger partial charge < -0.3 is 15.5 Å². The summed E-state index contributed by atoms with van der Waals surface area (Å²) in [5, 5.41) is 5.21. The molecule has 0 aliphatic rings. The van der Waals surface area contributed by atoms with E-state index in [2.05, 4.69) is 22.5 Å². The molecular weight excluding hydrogens is 242 g/mol. The van der Waals surface area contributed by atoms with E-state index in [0.717, 1.165) is 12.2 Å². The Balaban J connectivity index is 2.56. The second-order valence-electron chi connectivity index (χ2n) is 4.20. The third-order valence-corrected chi connectivity index (χ3v) is 2.83. The third-order valence-electron chi connectivity index (χ3n) is 2.83. The molecule has 0 heterocycles. The van der Waals surface area contributed by atoms with E-state index in [1.807, 2.05) is 26.1 Å². The smallest absolute Gasteiger partial charge is 0.251 e. The molecule has 0 radical (unpaired) electrons. The molecule has 1 aromatic carbocycles. The second-order valence-corrected chi connectivity index (χ2v) is 4.20. The summed E-state index contributed by atoms with van der Waals surface area (Å²) in [6.07, 6.45) is 0. The van der Waals surface area contributed by atoms with E-state index in [1.54, 1.807) is 12.1 Å². The van der Waals surface area contributed by atoms with Crippen molar-refractivity contribution in [2.75, 3.05) is 31.6 Å². The van der Waals surface area contributed by atoms with Gasteiger partial charge in [0.05, 0.1) is 6.54 Å². The van der Waals surface area contributed by atoms with Crippen molar-refractivity contribution >= 4 is 17.5 Å². The van der Waals surface area contributed by atoms with E-state index in [4.69, 9.17) is 0 Å². The van der Waals surface area contributed by atoms with Gasteiger partial charge in [0.2, 0.25) is 5.91 Å². The lowest BCUT2D eigenvalue weighted by molar-refractivity contribution is -0.120. The van der Waals surface area contributed by atoms with Crippen molar-refractivity contribution in [3.8, 4) is 0 Å². The molecule has 0 atom stereocenters. The molecule has 5 nitrogen and oxygen atoms in total. The lowest BCUT2D eigenvalue weighted by atomic mass is 10.2. The summed E-state index contributed by atoms with van der Waals surface area (Å²) in [5.41, 5.74) is 1.61. The van der Waals surface area contributed by atoms with Gasteiger partial charge in [0.1, 0.15) is 0 Å². The van der Waals surface area contributed by atoms with E-state index >= 15 is 0 Å². The topological polar surface area (TPSA) is 61.4 Å². The molecule has 0 fully saturated rings. The first-order valence-corrected chi connectivity index (χ1v) is 6.44. The summed E-state index contributed by atoms with van der Waals surface area (Å²) in [5.74, 6) is -0.421. The highest BCUT2D eigenvalue weighted by Gasteiger charge is 2.07. The Morgan fingerprint density at radius 1 is 1.11 bits per heavy atom. The largest absolute Gasteiger partial charge is 0.375 e. The molecule has 0 aliphatic heterocycles. The van der Waals surface area contributed by atoms with Crippen LogP contribution < -0.4 is 15.5 Å². The number of hydrogen-bond acceptors (Lipinski definition) is 3. The van der Waals surface area contributed by atoms with Gasteiger partial charge in [-0.25, -0.2) is 0 Å². The van der Waals surface area contributed by atoms with Crippen molar-refractivity contribution in [1.29, 1.82) is 0 Å². The summed E-state index contributed by atoms with van der Waals surface area (Å²) in [6, 6.07) is 7.30. The van der Waals surface area contributed by atoms with E-state index in [-0.39, 0.29) is 18.4 Å². The highest BCUT2D eigenvalue weighted by molar-refractivity contribution is 5.96. The Morgan fingerprint density at radius 3 is 2.26 bits per heavy atom. The first-order chi connectivity index (χ1) is 9.08. The van der Waals surface area contributed by atoms with Gasteiger partial charge in [0.25, 0.3) is 5.91 Å². The molecule has 0 aromatic heterocycles. The second kappa shape index (κ2) is 7.41. The number of anilines is 1. The molecule has 1 aromatic rings. The highest BCUT2D eigenvalue weighted by atomic mass is 16.2. The summed E-state index contributed by atoms with van der Waals surface area (Å²) in [6.45, 7) is 5.37. The molecule has 2 N–H and O–H groups in total. The van der Waals surface area contributed by atoms with Gasteiger partial charge in [-0.05, 0) is 38.1 Å². The predicted molar refractivity (Wildman–Crippen MR) is 76.4 cm³/mol. The number of hydrogen-bond donors (Lipinski definition) is 2. The fourth-order valence-electron chi connectivity index (χ4n) is 1.57. The Morgan fingerprint density at radius 2 is 1.74 bits per heavy atom. The van der Waals surface area contributed by atoms with Crippen molar-refractivity contribution in [2.45, 2.75) is 13.8 Å². The molecule has 0 aliphatic carbocycles. The molecular formula is C14H21N3O2. The van der Waals surface area contributed by atoms with Crippen LogP contribution in [0.2, 0.25) is 0 Å². The minimum atomic E-state index is -0.239. The van der Waals surface area contributed by atoms with Crippen LogP contribution in [0.4, 0.5) is 5.69 Å². The number of carbonyl (C=O) groups is 2. The summed E-state index contributed by atoms with van der Waals surface area (Å²) in [4.78, 5) is 25.1. The number of amides is 2. The molecule has 5 heteroatoms. The molecule has 104 valence electrons. The van der Waals surface area contributed by atoms with E-state index in [1.165, 1.54) is 0 Å². The number of carbonyl (C=O) groups excluding carboxylic acids is 2. The molecule has 19 heavy (non-hydrogen) atoms. The Bertz CT molecular complexity index is 429. The standard InChI is InChI=1S/C14H21N3O2/c1-4-15-13(18)10-16-14(19)11-6-8-12(9-7-11)17(3)5-2/h6-9H,4-5,10H2,1-3H3,(H,15,18)(H,16,19). The van der Waals surface area contributed by atoms with Gasteiger partial charge in [0.15, 0.2) is 0 Å². The van der Waals surface area contributed by atoms with Crippen LogP contribution in [-0.2, 0) is 4.79 Å². The maximum Gasteiger partial charge on any atom is 0.251 e. The summed E-state index contributed by atoms with van der Waals surface area (Å²) >= 11 is 0. The van der Waals surface area contributed by atoms with Crippen molar-refractivity contribution < 1.29 is 9.59 Å². The molecule has 0 unspecified atom stereocenters. The van der Waals surface area contributed by atoms with Crippen LogP contribution in [0, 0.1) is 0 Å². The van der Waals surface area contributed by atoms with Gasteiger partial charge >= 0.3 is 0 Å². The first kappa shape index (κ1) is 15.0. The van der Waals surface area contributed by atoms with Gasteiger partial charge in [-0.15, -0.1) is 0 Å². The zero-order chi connectivity index (χ0) is 14.3. The number of rotatable bonds is 6. The molecule has 0 saturated carbocycles. The molecule has 0 spiro atoms. The van der Waals surface area contributed by atoms with Crippen molar-refractivity contribution in [3.05, 3.63) is 29.8 Å². The maximum atomic E-state index is 11.8. The average Bonchev–Trinajstić information content (AvgIpc) is 2.44. The van der Waals surface area contributed by atoms with Crippen LogP contribution in [-0.4, -0.2) is 38.5 Å². The quantitative estimate of drug-likeness (QED) is 0.805. The fourth-order valence-corrected chi connectivity index (χ4v) is 1.57. The molecule has 2 amide bonds. The third kappa shape index (κ3) is 4.62. The fraction of sp³-hybridized carbons (Fsp3) is 0.429.